The second kappa shape index (κ2) is 7.10. The van der Waals surface area contributed by atoms with Crippen molar-refractivity contribution in [2.45, 2.75) is 13.8 Å². The molecule has 0 aliphatic carbocycles. The van der Waals surface area contributed by atoms with Gasteiger partial charge in [-0.2, -0.15) is 5.26 Å². The van der Waals surface area contributed by atoms with Crippen LogP contribution in [0, 0.1) is 17.2 Å². The first-order chi connectivity index (χ1) is 10.2. The zero-order valence-electron chi connectivity index (χ0n) is 13.0. The molecule has 0 heterocycles. The van der Waals surface area contributed by atoms with Gasteiger partial charge in [-0.15, -0.1) is 0 Å². The molecule has 0 amide bonds. The summed E-state index contributed by atoms with van der Waals surface area (Å²) in [6.07, 6.45) is 0. The summed E-state index contributed by atoms with van der Waals surface area (Å²) in [6, 6.07) is 14.4. The number of hydrogen-bond acceptors (Lipinski definition) is 3. The van der Waals surface area contributed by atoms with Gasteiger partial charge < -0.3 is 9.64 Å². The lowest BCUT2D eigenvalue weighted by atomic mass is 10.0. The van der Waals surface area contributed by atoms with Crippen molar-refractivity contribution >= 4 is 16.5 Å². The van der Waals surface area contributed by atoms with E-state index in [1.807, 2.05) is 24.3 Å². The van der Waals surface area contributed by atoms with Gasteiger partial charge in [-0.3, -0.25) is 0 Å². The molecule has 0 atom stereocenters. The Morgan fingerprint density at radius 1 is 1.14 bits per heavy atom. The fourth-order valence-corrected chi connectivity index (χ4v) is 2.61. The lowest BCUT2D eigenvalue weighted by molar-refractivity contribution is 0.204. The van der Waals surface area contributed by atoms with Crippen molar-refractivity contribution in [3.05, 3.63) is 42.0 Å². The van der Waals surface area contributed by atoms with E-state index in [-0.39, 0.29) is 0 Å². The molecule has 0 unspecified atom stereocenters. The zero-order valence-corrected chi connectivity index (χ0v) is 13.0. The van der Waals surface area contributed by atoms with Gasteiger partial charge in [0.15, 0.2) is 0 Å². The third kappa shape index (κ3) is 3.53. The molecule has 2 rings (SSSR count). The van der Waals surface area contributed by atoms with E-state index in [1.165, 1.54) is 5.69 Å². The van der Waals surface area contributed by atoms with Crippen molar-refractivity contribution in [1.82, 2.24) is 0 Å². The maximum Gasteiger partial charge on any atom is 0.0998 e. The Bertz CT molecular complexity index is 643. The molecule has 0 aliphatic heterocycles. The van der Waals surface area contributed by atoms with Crippen LogP contribution in [0.25, 0.3) is 10.8 Å². The summed E-state index contributed by atoms with van der Waals surface area (Å²) in [5.74, 6) is 0.566. The molecule has 0 fully saturated rings. The molecule has 0 aromatic heterocycles. The van der Waals surface area contributed by atoms with Gasteiger partial charge in [0.25, 0.3) is 0 Å². The van der Waals surface area contributed by atoms with Crippen LogP contribution in [-0.2, 0) is 4.74 Å². The van der Waals surface area contributed by atoms with Crippen LogP contribution in [0.3, 0.4) is 0 Å². The number of nitrogens with zero attached hydrogens (tertiary/aromatic N) is 2. The third-order valence-electron chi connectivity index (χ3n) is 3.51. The van der Waals surface area contributed by atoms with Gasteiger partial charge >= 0.3 is 0 Å². The summed E-state index contributed by atoms with van der Waals surface area (Å²) in [6.45, 7) is 6.95. The van der Waals surface area contributed by atoms with Gasteiger partial charge in [-0.25, -0.2) is 0 Å². The van der Waals surface area contributed by atoms with E-state index in [0.29, 0.717) is 12.5 Å². The Morgan fingerprint density at radius 3 is 2.48 bits per heavy atom. The van der Waals surface area contributed by atoms with E-state index < -0.39 is 0 Å². The Hall–Kier alpha value is -2.05. The van der Waals surface area contributed by atoms with Crippen LogP contribution in [0.15, 0.2) is 36.4 Å². The normalized spacial score (nSPS) is 10.8. The fourth-order valence-electron chi connectivity index (χ4n) is 2.61. The third-order valence-corrected chi connectivity index (χ3v) is 3.51. The molecule has 21 heavy (non-hydrogen) atoms. The SMILES string of the molecule is COCCN(CC(C)C)c1ccc(C#N)c2ccccc12. The quantitative estimate of drug-likeness (QED) is 0.808. The van der Waals surface area contributed by atoms with Crippen LogP contribution in [0.2, 0.25) is 0 Å². The molecular formula is C18H22N2O. The van der Waals surface area contributed by atoms with E-state index in [4.69, 9.17) is 4.74 Å². The lowest BCUT2D eigenvalue weighted by Gasteiger charge is -2.28. The van der Waals surface area contributed by atoms with E-state index in [1.54, 1.807) is 7.11 Å². The Balaban J connectivity index is 2.50. The predicted molar refractivity (Wildman–Crippen MR) is 87.6 cm³/mol. The van der Waals surface area contributed by atoms with Gasteiger partial charge in [0.05, 0.1) is 18.2 Å². The van der Waals surface area contributed by atoms with Gasteiger partial charge in [0.1, 0.15) is 0 Å². The zero-order chi connectivity index (χ0) is 15.2. The second-order valence-electron chi connectivity index (χ2n) is 5.62. The van der Waals surface area contributed by atoms with Crippen LogP contribution in [-0.4, -0.2) is 26.8 Å². The minimum atomic E-state index is 0.566. The monoisotopic (exact) mass is 282 g/mol. The molecule has 0 spiro atoms. The topological polar surface area (TPSA) is 36.3 Å². The summed E-state index contributed by atoms with van der Waals surface area (Å²) in [4.78, 5) is 2.34. The maximum atomic E-state index is 9.27. The van der Waals surface area contributed by atoms with Crippen molar-refractivity contribution in [2.75, 3.05) is 31.7 Å². The minimum absolute atomic E-state index is 0.566. The number of nitriles is 1. The van der Waals surface area contributed by atoms with Crippen molar-refractivity contribution in [1.29, 1.82) is 5.26 Å². The van der Waals surface area contributed by atoms with Crippen molar-refractivity contribution in [2.24, 2.45) is 5.92 Å². The standard InChI is InChI=1S/C18H22N2O/c1-14(2)13-20(10-11-21-3)18-9-8-15(12-19)16-6-4-5-7-17(16)18/h4-9,14H,10-11,13H2,1-3H3. The number of ether oxygens (including phenoxy) is 1. The van der Waals surface area contributed by atoms with Gasteiger partial charge in [-0.05, 0) is 18.1 Å². The van der Waals surface area contributed by atoms with Gasteiger partial charge in [-0.1, -0.05) is 38.1 Å². The summed E-state index contributed by atoms with van der Waals surface area (Å²) in [5, 5.41) is 11.4. The largest absolute Gasteiger partial charge is 0.383 e. The number of hydrogen-bond donors (Lipinski definition) is 0. The van der Waals surface area contributed by atoms with E-state index >= 15 is 0 Å². The molecule has 0 aliphatic rings. The molecule has 0 saturated carbocycles. The average Bonchev–Trinajstić information content (AvgIpc) is 2.50. The molecule has 0 bridgehead atoms. The van der Waals surface area contributed by atoms with Crippen molar-refractivity contribution in [3.8, 4) is 6.07 Å². The van der Waals surface area contributed by atoms with Crippen molar-refractivity contribution < 1.29 is 4.74 Å². The van der Waals surface area contributed by atoms with E-state index in [0.717, 1.165) is 29.4 Å². The molecule has 0 N–H and O–H groups in total. The average molecular weight is 282 g/mol. The highest BCUT2D eigenvalue weighted by molar-refractivity contribution is 5.97. The molecule has 110 valence electrons. The highest BCUT2D eigenvalue weighted by atomic mass is 16.5. The van der Waals surface area contributed by atoms with E-state index in [9.17, 15) is 5.26 Å². The number of anilines is 1. The number of rotatable bonds is 6. The van der Waals surface area contributed by atoms with Crippen LogP contribution >= 0.6 is 0 Å². The van der Waals surface area contributed by atoms with Crippen LogP contribution in [0.1, 0.15) is 19.4 Å². The minimum Gasteiger partial charge on any atom is -0.383 e. The first-order valence-corrected chi connectivity index (χ1v) is 7.33. The Kier molecular flexibility index (Phi) is 5.19. The molecule has 3 heteroatoms. The summed E-state index contributed by atoms with van der Waals surface area (Å²) in [7, 11) is 1.73. The molecule has 0 saturated heterocycles. The Morgan fingerprint density at radius 2 is 1.86 bits per heavy atom. The number of methoxy groups -OCH3 is 1. The second-order valence-corrected chi connectivity index (χ2v) is 5.62. The molecule has 2 aromatic carbocycles. The molecule has 3 nitrogen and oxygen atoms in total. The van der Waals surface area contributed by atoms with Gasteiger partial charge in [0.2, 0.25) is 0 Å². The van der Waals surface area contributed by atoms with Gasteiger partial charge in [0, 0.05) is 36.7 Å². The highest BCUT2D eigenvalue weighted by Crippen LogP contribution is 2.29. The molecular weight excluding hydrogens is 260 g/mol. The van der Waals surface area contributed by atoms with Crippen LogP contribution in [0.4, 0.5) is 5.69 Å². The number of benzene rings is 2. The van der Waals surface area contributed by atoms with Crippen LogP contribution in [0.5, 0.6) is 0 Å². The molecule has 2 aromatic rings. The predicted octanol–water partition coefficient (Wildman–Crippen LogP) is 3.82. The van der Waals surface area contributed by atoms with Crippen LogP contribution < -0.4 is 4.90 Å². The Labute approximate surface area is 126 Å². The fraction of sp³-hybridized carbons (Fsp3) is 0.389. The van der Waals surface area contributed by atoms with Crippen molar-refractivity contribution in [3.63, 3.8) is 0 Å². The summed E-state index contributed by atoms with van der Waals surface area (Å²) < 4.78 is 5.24. The summed E-state index contributed by atoms with van der Waals surface area (Å²) in [5.41, 5.74) is 1.90. The first-order valence-electron chi connectivity index (χ1n) is 7.33. The number of fused-ring (bicyclic) bond motifs is 1. The summed E-state index contributed by atoms with van der Waals surface area (Å²) >= 11 is 0. The first kappa shape index (κ1) is 15.3. The maximum absolute atomic E-state index is 9.27. The smallest absolute Gasteiger partial charge is 0.0998 e. The van der Waals surface area contributed by atoms with E-state index in [2.05, 4.69) is 36.9 Å². The molecule has 0 radical (unpaired) electrons. The highest BCUT2D eigenvalue weighted by Gasteiger charge is 2.13. The lowest BCUT2D eigenvalue weighted by Crippen LogP contribution is -2.31.